The van der Waals surface area contributed by atoms with Gasteiger partial charge in [0.1, 0.15) is 5.58 Å². The lowest BCUT2D eigenvalue weighted by atomic mass is 10.1. The average molecular weight is 340 g/mol. The van der Waals surface area contributed by atoms with Crippen LogP contribution in [-0.2, 0) is 0 Å². The molecular weight excluding hydrogens is 328 g/mol. The van der Waals surface area contributed by atoms with Crippen molar-refractivity contribution < 1.29 is 19.2 Å². The van der Waals surface area contributed by atoms with Gasteiger partial charge in [0.2, 0.25) is 0 Å². The molecule has 1 heterocycles. The number of carbonyl (C=O) groups excluding carboxylic acids is 1. The molecule has 8 heteroatoms. The molecule has 0 aliphatic carbocycles. The molecule has 2 aromatic carbocycles. The van der Waals surface area contributed by atoms with Crippen molar-refractivity contribution in [2.24, 2.45) is 0 Å². The van der Waals surface area contributed by atoms with Crippen LogP contribution in [0, 0.1) is 17.0 Å². The number of carbonyl (C=O) groups is 1. The van der Waals surface area contributed by atoms with Crippen LogP contribution in [-0.4, -0.2) is 15.9 Å². The van der Waals surface area contributed by atoms with Crippen molar-refractivity contribution >= 4 is 28.3 Å². The molecule has 0 aliphatic heterocycles. The molecule has 126 valence electrons. The fraction of sp³-hybridized carbons (Fsp3) is 0.0588. The third-order valence-electron chi connectivity index (χ3n) is 3.69. The van der Waals surface area contributed by atoms with Gasteiger partial charge in [-0.1, -0.05) is 18.2 Å². The molecule has 3 aromatic rings. The van der Waals surface area contributed by atoms with Crippen molar-refractivity contribution in [3.8, 4) is 5.75 Å². The van der Waals surface area contributed by atoms with E-state index in [0.717, 1.165) is 6.07 Å². The van der Waals surface area contributed by atoms with Gasteiger partial charge < -0.3 is 14.8 Å². The molecular formula is C17H12N2O6. The number of para-hydroxylation sites is 1. The first-order valence-corrected chi connectivity index (χ1v) is 7.19. The van der Waals surface area contributed by atoms with Crippen LogP contribution >= 0.6 is 0 Å². The molecule has 0 atom stereocenters. The Labute approximate surface area is 140 Å². The van der Waals surface area contributed by atoms with Gasteiger partial charge in [0.05, 0.1) is 10.3 Å². The number of nitrogens with one attached hydrogen (secondary N) is 1. The number of rotatable bonds is 3. The second-order valence-electron chi connectivity index (χ2n) is 5.32. The summed E-state index contributed by atoms with van der Waals surface area (Å²) in [4.78, 5) is 34.7. The third-order valence-corrected chi connectivity index (χ3v) is 3.69. The van der Waals surface area contributed by atoms with Gasteiger partial charge in [-0.25, -0.2) is 4.79 Å². The average Bonchev–Trinajstić information content (AvgIpc) is 2.58. The van der Waals surface area contributed by atoms with Gasteiger partial charge in [-0.05, 0) is 25.1 Å². The highest BCUT2D eigenvalue weighted by atomic mass is 16.6. The predicted molar refractivity (Wildman–Crippen MR) is 89.9 cm³/mol. The number of fused-ring (bicyclic) bond motifs is 1. The fourth-order valence-corrected chi connectivity index (χ4v) is 2.38. The minimum absolute atomic E-state index is 0.0238. The summed E-state index contributed by atoms with van der Waals surface area (Å²) in [5.74, 6) is -1.21. The molecule has 0 spiro atoms. The van der Waals surface area contributed by atoms with Gasteiger partial charge in [-0.2, -0.15) is 0 Å². The van der Waals surface area contributed by atoms with E-state index in [1.54, 1.807) is 19.1 Å². The van der Waals surface area contributed by atoms with Crippen LogP contribution in [0.5, 0.6) is 5.75 Å². The first-order chi connectivity index (χ1) is 11.9. The summed E-state index contributed by atoms with van der Waals surface area (Å²) in [7, 11) is 0. The second kappa shape index (κ2) is 6.08. The molecule has 1 amide bonds. The summed E-state index contributed by atoms with van der Waals surface area (Å²) in [6.45, 7) is 1.55. The Hall–Kier alpha value is -3.68. The van der Waals surface area contributed by atoms with Crippen molar-refractivity contribution in [1.82, 2.24) is 0 Å². The number of nitro groups is 1. The van der Waals surface area contributed by atoms with E-state index in [0.29, 0.717) is 5.56 Å². The molecule has 2 N–H and O–H groups in total. The molecule has 0 radical (unpaired) electrons. The van der Waals surface area contributed by atoms with Crippen LogP contribution in [0.4, 0.5) is 11.4 Å². The van der Waals surface area contributed by atoms with Gasteiger partial charge in [0.25, 0.3) is 11.6 Å². The summed E-state index contributed by atoms with van der Waals surface area (Å²) in [5, 5.41) is 23.7. The Morgan fingerprint density at radius 3 is 2.68 bits per heavy atom. The van der Waals surface area contributed by atoms with Crippen molar-refractivity contribution in [3.63, 3.8) is 0 Å². The minimum Gasteiger partial charge on any atom is -0.505 e. The zero-order valence-electron chi connectivity index (χ0n) is 13.0. The molecule has 3 rings (SSSR count). The monoisotopic (exact) mass is 340 g/mol. The number of aromatic hydroxyl groups is 1. The number of hydrogen-bond donors (Lipinski definition) is 2. The standard InChI is InChI=1S/C17H12N2O6/c1-9-6-7-10(8-12(9)19(23)24)16(21)18-14-15(20)11-4-2-3-5-13(11)25-17(14)22/h2-8,20H,1H3,(H,18,21). The molecule has 8 nitrogen and oxygen atoms in total. The van der Waals surface area contributed by atoms with Crippen LogP contribution in [0.25, 0.3) is 11.0 Å². The first-order valence-electron chi connectivity index (χ1n) is 7.19. The molecule has 1 aromatic heterocycles. The van der Waals surface area contributed by atoms with Gasteiger partial charge in [-0.15, -0.1) is 0 Å². The van der Waals surface area contributed by atoms with E-state index in [4.69, 9.17) is 4.42 Å². The highest BCUT2D eigenvalue weighted by Gasteiger charge is 2.19. The molecule has 25 heavy (non-hydrogen) atoms. The smallest absolute Gasteiger partial charge is 0.364 e. The summed E-state index contributed by atoms with van der Waals surface area (Å²) >= 11 is 0. The maximum Gasteiger partial charge on any atom is 0.364 e. The molecule has 0 saturated carbocycles. The van der Waals surface area contributed by atoms with E-state index in [9.17, 15) is 24.8 Å². The summed E-state index contributed by atoms with van der Waals surface area (Å²) in [6, 6.07) is 10.2. The quantitative estimate of drug-likeness (QED) is 0.429. The van der Waals surface area contributed by atoms with E-state index in [-0.39, 0.29) is 22.2 Å². The Bertz CT molecular complexity index is 1070. The van der Waals surface area contributed by atoms with Gasteiger partial charge in [0.15, 0.2) is 11.4 Å². The Morgan fingerprint density at radius 2 is 1.96 bits per heavy atom. The van der Waals surface area contributed by atoms with Crippen molar-refractivity contribution in [2.75, 3.05) is 5.32 Å². The largest absolute Gasteiger partial charge is 0.505 e. The topological polar surface area (TPSA) is 123 Å². The maximum atomic E-state index is 12.3. The lowest BCUT2D eigenvalue weighted by molar-refractivity contribution is -0.385. The van der Waals surface area contributed by atoms with Crippen LogP contribution in [0.15, 0.2) is 51.7 Å². The number of aryl methyl sites for hydroxylation is 1. The third kappa shape index (κ3) is 2.92. The number of amides is 1. The van der Waals surface area contributed by atoms with Crippen LogP contribution in [0.1, 0.15) is 15.9 Å². The van der Waals surface area contributed by atoms with E-state index in [1.807, 2.05) is 0 Å². The normalized spacial score (nSPS) is 10.6. The first kappa shape index (κ1) is 16.2. The predicted octanol–water partition coefficient (Wildman–Crippen LogP) is 2.97. The number of benzene rings is 2. The zero-order chi connectivity index (χ0) is 18.1. The molecule has 0 saturated heterocycles. The number of hydrogen-bond acceptors (Lipinski definition) is 6. The second-order valence-corrected chi connectivity index (χ2v) is 5.32. The van der Waals surface area contributed by atoms with E-state index in [1.165, 1.54) is 24.3 Å². The van der Waals surface area contributed by atoms with Crippen molar-refractivity contribution in [1.29, 1.82) is 0 Å². The Morgan fingerprint density at radius 1 is 1.24 bits per heavy atom. The van der Waals surface area contributed by atoms with Crippen LogP contribution in [0.2, 0.25) is 0 Å². The van der Waals surface area contributed by atoms with Crippen LogP contribution in [0.3, 0.4) is 0 Å². The highest BCUT2D eigenvalue weighted by Crippen LogP contribution is 2.30. The lowest BCUT2D eigenvalue weighted by Crippen LogP contribution is -2.18. The molecule has 0 fully saturated rings. The highest BCUT2D eigenvalue weighted by molar-refractivity contribution is 6.06. The Balaban J connectivity index is 2.02. The van der Waals surface area contributed by atoms with Crippen LogP contribution < -0.4 is 10.9 Å². The van der Waals surface area contributed by atoms with Gasteiger partial charge in [0, 0.05) is 17.2 Å². The number of anilines is 1. The Kier molecular flexibility index (Phi) is 3.94. The number of nitrogens with zero attached hydrogens (tertiary/aromatic N) is 1. The van der Waals surface area contributed by atoms with Gasteiger partial charge in [-0.3, -0.25) is 14.9 Å². The minimum atomic E-state index is -0.925. The van der Waals surface area contributed by atoms with E-state index >= 15 is 0 Å². The molecule has 0 bridgehead atoms. The van der Waals surface area contributed by atoms with E-state index < -0.39 is 27.9 Å². The molecule has 0 aliphatic rings. The fourth-order valence-electron chi connectivity index (χ4n) is 2.38. The lowest BCUT2D eigenvalue weighted by Gasteiger charge is -2.08. The van der Waals surface area contributed by atoms with Crippen molar-refractivity contribution in [3.05, 3.63) is 74.1 Å². The summed E-state index contributed by atoms with van der Waals surface area (Å²) in [6.07, 6.45) is 0. The maximum absolute atomic E-state index is 12.3. The number of nitro benzene ring substituents is 1. The molecule has 0 unspecified atom stereocenters. The van der Waals surface area contributed by atoms with Crippen molar-refractivity contribution in [2.45, 2.75) is 6.92 Å². The SMILES string of the molecule is Cc1ccc(C(=O)Nc2c(O)c3ccccc3oc2=O)cc1[N+](=O)[O-]. The van der Waals surface area contributed by atoms with Gasteiger partial charge >= 0.3 is 5.63 Å². The summed E-state index contributed by atoms with van der Waals surface area (Å²) in [5.41, 5.74) is -1.02. The zero-order valence-corrected chi connectivity index (χ0v) is 13.0. The summed E-state index contributed by atoms with van der Waals surface area (Å²) < 4.78 is 5.05. The van der Waals surface area contributed by atoms with E-state index in [2.05, 4.69) is 5.32 Å².